The second kappa shape index (κ2) is 9.42. The van der Waals surface area contributed by atoms with Crippen molar-refractivity contribution in [3.05, 3.63) is 66.7 Å². The molecule has 0 fully saturated rings. The minimum Gasteiger partial charge on any atom is -0.492 e. The first kappa shape index (κ1) is 23.5. The number of fused-ring (bicyclic) bond motifs is 3. The number of H-pyrrole nitrogens is 1. The van der Waals surface area contributed by atoms with Crippen LogP contribution in [0.4, 0.5) is 24.7 Å². The Morgan fingerprint density at radius 1 is 0.972 bits per heavy atom. The monoisotopic (exact) mass is 493 g/mol. The maximum absolute atomic E-state index is 13.1. The van der Waals surface area contributed by atoms with Gasteiger partial charge in [-0.15, -0.1) is 10.2 Å². The summed E-state index contributed by atoms with van der Waals surface area (Å²) < 4.78 is 45.0. The molecule has 0 bridgehead atoms. The lowest BCUT2D eigenvalue weighted by Crippen LogP contribution is -2.19. The molecule has 11 heteroatoms. The number of likely N-dealkylation sites (N-methyl/N-ethyl adjacent to an activating group) is 1. The average Bonchev–Trinajstić information content (AvgIpc) is 3.36. The third-order valence-electron chi connectivity index (χ3n) is 5.56. The minimum atomic E-state index is -4.63. The van der Waals surface area contributed by atoms with Crippen LogP contribution >= 0.6 is 0 Å². The van der Waals surface area contributed by atoms with Gasteiger partial charge < -0.3 is 19.9 Å². The summed E-state index contributed by atoms with van der Waals surface area (Å²) in [5.41, 5.74) is 1.64. The molecular weight excluding hydrogens is 471 g/mol. The third-order valence-corrected chi connectivity index (χ3v) is 5.56. The van der Waals surface area contributed by atoms with E-state index in [1.807, 2.05) is 55.4 Å². The maximum atomic E-state index is 13.1. The molecule has 0 unspecified atom stereocenters. The highest BCUT2D eigenvalue weighted by atomic mass is 19.4. The van der Waals surface area contributed by atoms with Crippen LogP contribution in [0.25, 0.3) is 33.1 Å². The Morgan fingerprint density at radius 2 is 1.78 bits per heavy atom. The molecular formula is C25H22F3N7O. The fourth-order valence-corrected chi connectivity index (χ4v) is 3.78. The van der Waals surface area contributed by atoms with Gasteiger partial charge in [0.2, 0.25) is 5.82 Å². The predicted octanol–water partition coefficient (Wildman–Crippen LogP) is 5.27. The first-order valence-electron chi connectivity index (χ1n) is 11.1. The first-order valence-corrected chi connectivity index (χ1v) is 11.1. The minimum absolute atomic E-state index is 0.0196. The fourth-order valence-electron chi connectivity index (χ4n) is 3.78. The number of ether oxygens (including phenoxy) is 1. The molecule has 0 aliphatic rings. The van der Waals surface area contributed by atoms with Crippen molar-refractivity contribution in [3.63, 3.8) is 0 Å². The number of nitrogens with one attached hydrogen (secondary N) is 2. The molecule has 8 nitrogen and oxygen atoms in total. The first-order chi connectivity index (χ1) is 17.3. The van der Waals surface area contributed by atoms with Crippen molar-refractivity contribution in [2.45, 2.75) is 6.18 Å². The van der Waals surface area contributed by atoms with Crippen molar-refractivity contribution < 1.29 is 17.9 Å². The van der Waals surface area contributed by atoms with E-state index >= 15 is 0 Å². The van der Waals surface area contributed by atoms with Crippen molar-refractivity contribution in [2.75, 3.05) is 32.6 Å². The Labute approximate surface area is 204 Å². The van der Waals surface area contributed by atoms with Crippen molar-refractivity contribution in [1.29, 1.82) is 0 Å². The van der Waals surface area contributed by atoms with Gasteiger partial charge in [-0.05, 0) is 50.5 Å². The average molecular weight is 493 g/mol. The number of halogens is 3. The molecule has 0 aliphatic carbocycles. The van der Waals surface area contributed by atoms with Crippen LogP contribution < -0.4 is 10.1 Å². The van der Waals surface area contributed by atoms with Crippen LogP contribution in [0.2, 0.25) is 0 Å². The van der Waals surface area contributed by atoms with E-state index in [0.29, 0.717) is 23.5 Å². The summed E-state index contributed by atoms with van der Waals surface area (Å²) in [6.07, 6.45) is -1.26. The molecule has 5 aromatic rings. The molecule has 184 valence electrons. The van der Waals surface area contributed by atoms with Gasteiger partial charge >= 0.3 is 6.18 Å². The molecule has 3 heterocycles. The number of para-hydroxylation sites is 1. The molecule has 2 N–H and O–H groups in total. The van der Waals surface area contributed by atoms with Crippen LogP contribution in [0.15, 0.2) is 60.9 Å². The standard InChI is InChI=1S/C25H22F3N7O/c1-35(2)12-13-36-16-8-6-15(7-9-16)30-22-18-10-11-29-14-20(18)17-4-3-5-19(21(17)31-22)23-32-24(34-33-23)25(26,27)28/h3-11,14H,12-13H2,1-2H3,(H,30,31)(H,32,33,34). The van der Waals surface area contributed by atoms with Crippen LogP contribution in [0.5, 0.6) is 5.75 Å². The summed E-state index contributed by atoms with van der Waals surface area (Å²) in [4.78, 5) is 13.3. The van der Waals surface area contributed by atoms with Crippen molar-refractivity contribution in [2.24, 2.45) is 0 Å². The highest BCUT2D eigenvalue weighted by Gasteiger charge is 2.35. The maximum Gasteiger partial charge on any atom is 0.451 e. The van der Waals surface area contributed by atoms with Gasteiger partial charge in [0.25, 0.3) is 0 Å². The molecule has 3 aromatic heterocycles. The van der Waals surface area contributed by atoms with Gasteiger partial charge in [-0.25, -0.2) is 4.98 Å². The number of aromatic amines is 1. The Morgan fingerprint density at radius 3 is 2.50 bits per heavy atom. The lowest BCUT2D eigenvalue weighted by Gasteiger charge is -2.14. The molecule has 0 amide bonds. The third kappa shape index (κ3) is 4.78. The number of aromatic nitrogens is 5. The molecule has 0 radical (unpaired) electrons. The highest BCUT2D eigenvalue weighted by Crippen LogP contribution is 2.35. The Bertz CT molecular complexity index is 1510. The Balaban J connectivity index is 1.54. The van der Waals surface area contributed by atoms with Crippen molar-refractivity contribution in [1.82, 2.24) is 30.0 Å². The smallest absolute Gasteiger partial charge is 0.451 e. The number of alkyl halides is 3. The van der Waals surface area contributed by atoms with Crippen LogP contribution in [-0.2, 0) is 6.18 Å². The van der Waals surface area contributed by atoms with Gasteiger partial charge in [0.05, 0.1) is 5.52 Å². The number of hydrogen-bond acceptors (Lipinski definition) is 7. The van der Waals surface area contributed by atoms with Gasteiger partial charge in [0.15, 0.2) is 5.82 Å². The van der Waals surface area contributed by atoms with Crippen molar-refractivity contribution in [3.8, 4) is 17.1 Å². The number of rotatable bonds is 7. The van der Waals surface area contributed by atoms with E-state index in [1.165, 1.54) is 0 Å². The van der Waals surface area contributed by atoms with Gasteiger partial charge in [0.1, 0.15) is 18.2 Å². The highest BCUT2D eigenvalue weighted by molar-refractivity contribution is 6.13. The van der Waals surface area contributed by atoms with Gasteiger partial charge in [0, 0.05) is 46.3 Å². The number of nitrogens with zero attached hydrogens (tertiary/aromatic N) is 5. The molecule has 5 rings (SSSR count). The van der Waals surface area contributed by atoms with E-state index < -0.39 is 12.0 Å². The molecule has 0 saturated heterocycles. The molecule has 0 saturated carbocycles. The quantitative estimate of drug-likeness (QED) is 0.299. The molecule has 36 heavy (non-hydrogen) atoms. The van der Waals surface area contributed by atoms with Gasteiger partial charge in [-0.1, -0.05) is 12.1 Å². The Hall–Kier alpha value is -4.25. The molecule has 0 spiro atoms. The van der Waals surface area contributed by atoms with Gasteiger partial charge in [-0.3, -0.25) is 4.98 Å². The SMILES string of the molecule is CN(C)CCOc1ccc(Nc2nc3c(-c4nnc(C(F)(F)F)[nH]4)cccc3c3cnccc23)cc1. The van der Waals surface area contributed by atoms with Crippen molar-refractivity contribution >= 4 is 33.2 Å². The fraction of sp³-hybridized carbons (Fsp3) is 0.200. The number of anilines is 2. The van der Waals surface area contributed by atoms with Crippen LogP contribution in [0.3, 0.4) is 0 Å². The zero-order valence-corrected chi connectivity index (χ0v) is 19.5. The summed E-state index contributed by atoms with van der Waals surface area (Å²) in [5, 5.41) is 12.6. The largest absolute Gasteiger partial charge is 0.492 e. The van der Waals surface area contributed by atoms with E-state index in [2.05, 4.69) is 25.5 Å². The number of hydrogen-bond donors (Lipinski definition) is 2. The predicted molar refractivity (Wildman–Crippen MR) is 131 cm³/mol. The molecule has 2 aromatic carbocycles. The van der Waals surface area contributed by atoms with Crippen LogP contribution in [-0.4, -0.2) is 57.3 Å². The summed E-state index contributed by atoms with van der Waals surface area (Å²) in [5.74, 6) is 0.0947. The van der Waals surface area contributed by atoms with E-state index in [1.54, 1.807) is 24.5 Å². The summed E-state index contributed by atoms with van der Waals surface area (Å²) in [6, 6.07) is 14.6. The zero-order valence-electron chi connectivity index (χ0n) is 19.5. The second-order valence-corrected chi connectivity index (χ2v) is 8.40. The van der Waals surface area contributed by atoms with E-state index in [9.17, 15) is 13.2 Å². The van der Waals surface area contributed by atoms with Gasteiger partial charge in [-0.2, -0.15) is 13.2 Å². The van der Waals surface area contributed by atoms with E-state index in [-0.39, 0.29) is 5.82 Å². The number of pyridine rings is 2. The normalized spacial score (nSPS) is 11.9. The zero-order chi connectivity index (χ0) is 25.3. The lowest BCUT2D eigenvalue weighted by molar-refractivity contribution is -0.144. The topological polar surface area (TPSA) is 91.9 Å². The molecule has 0 atom stereocenters. The summed E-state index contributed by atoms with van der Waals surface area (Å²) in [6.45, 7) is 1.38. The second-order valence-electron chi connectivity index (χ2n) is 8.40. The van der Waals surface area contributed by atoms with Crippen LogP contribution in [0, 0.1) is 0 Å². The van der Waals surface area contributed by atoms with E-state index in [4.69, 9.17) is 9.72 Å². The van der Waals surface area contributed by atoms with E-state index in [0.717, 1.165) is 34.1 Å². The molecule has 0 aliphatic heterocycles. The number of benzene rings is 2. The lowest BCUT2D eigenvalue weighted by atomic mass is 10.0. The van der Waals surface area contributed by atoms with Crippen LogP contribution in [0.1, 0.15) is 5.82 Å². The Kier molecular flexibility index (Phi) is 6.15. The summed E-state index contributed by atoms with van der Waals surface area (Å²) in [7, 11) is 3.96. The summed E-state index contributed by atoms with van der Waals surface area (Å²) >= 11 is 0.